The number of nitrogens with zero attached hydrogens (tertiary/aromatic N) is 6. The van der Waals surface area contributed by atoms with Crippen LogP contribution in [0.3, 0.4) is 0 Å². The second kappa shape index (κ2) is 22.2. The highest BCUT2D eigenvalue weighted by molar-refractivity contribution is 9.10. The molecule has 352 valence electrons. The molecule has 2 atom stereocenters. The fourth-order valence-corrected chi connectivity index (χ4v) is 6.78. The predicted octanol–water partition coefficient (Wildman–Crippen LogP) is 9.11. The molecule has 69 heavy (non-hydrogen) atoms. The third-order valence-corrected chi connectivity index (χ3v) is 10.3. The minimum Gasteiger partial charge on any atom is -0.494 e. The van der Waals surface area contributed by atoms with Gasteiger partial charge in [0.1, 0.15) is 34.1 Å². The molecule has 0 bridgehead atoms. The Bertz CT molecular complexity index is 3250. The lowest BCUT2D eigenvalue weighted by Gasteiger charge is -2.11. The van der Waals surface area contributed by atoms with Crippen LogP contribution < -0.4 is 9.47 Å². The van der Waals surface area contributed by atoms with Crippen LogP contribution in [-0.4, -0.2) is 79.5 Å². The molecule has 0 saturated carbocycles. The van der Waals surface area contributed by atoms with Crippen molar-refractivity contribution in [1.29, 1.82) is 0 Å². The number of para-hydroxylation sites is 2. The summed E-state index contributed by atoms with van der Waals surface area (Å²) >= 11 is 3.44. The Hall–Kier alpha value is -7.96. The van der Waals surface area contributed by atoms with Gasteiger partial charge in [-0.2, -0.15) is 0 Å². The van der Waals surface area contributed by atoms with Crippen LogP contribution in [0.25, 0.3) is 44.6 Å². The molecule has 17 heteroatoms. The summed E-state index contributed by atoms with van der Waals surface area (Å²) in [6.07, 6.45) is 8.09. The van der Waals surface area contributed by atoms with Gasteiger partial charge in [-0.05, 0) is 77.9 Å². The lowest BCUT2D eigenvalue weighted by atomic mass is 10.1. The average Bonchev–Trinajstić information content (AvgIpc) is 4.02. The molecule has 0 aliphatic rings. The number of benzene rings is 4. The quantitative estimate of drug-likeness (QED) is 0.0965. The Morgan fingerprint density at radius 3 is 1.58 bits per heavy atom. The highest BCUT2D eigenvalue weighted by Gasteiger charge is 2.27. The SMILES string of the molecule is C#C[C@](C)(O)c1ncc(C)o1.CCOC(=O)c1nc(-c2cccc(Br)c2)nc2c(OC)cccc12.CCOC(=O)c1nc(-c2cccc(C#C[C@](C)(O)c3ncc(C)o3)c2)nc2c(OC)cccc12. The van der Waals surface area contributed by atoms with Crippen LogP contribution in [0.4, 0.5) is 0 Å². The molecule has 0 amide bonds. The fourth-order valence-electron chi connectivity index (χ4n) is 6.38. The molecule has 8 aromatic rings. The van der Waals surface area contributed by atoms with Crippen LogP contribution in [0.1, 0.15) is 77.5 Å². The van der Waals surface area contributed by atoms with Gasteiger partial charge in [0.25, 0.3) is 0 Å². The van der Waals surface area contributed by atoms with E-state index in [0.717, 1.165) is 10.0 Å². The fraction of sp³-hybridized carbons (Fsp3) is 0.231. The van der Waals surface area contributed by atoms with Crippen LogP contribution >= 0.6 is 15.9 Å². The molecular formula is C52H47BrN6O10. The molecule has 8 rings (SSSR count). The third kappa shape index (κ3) is 12.1. The third-order valence-electron chi connectivity index (χ3n) is 9.77. The van der Waals surface area contributed by atoms with Gasteiger partial charge in [-0.3, -0.25) is 0 Å². The van der Waals surface area contributed by atoms with Crippen molar-refractivity contribution in [3.8, 4) is 58.5 Å². The van der Waals surface area contributed by atoms with E-state index in [1.807, 2.05) is 30.3 Å². The summed E-state index contributed by atoms with van der Waals surface area (Å²) < 4.78 is 32.5. The molecule has 2 N–H and O–H groups in total. The number of fused-ring (bicyclic) bond motifs is 2. The number of aryl methyl sites for hydroxylation is 2. The summed E-state index contributed by atoms with van der Waals surface area (Å²) in [6, 6.07) is 25.4. The maximum absolute atomic E-state index is 12.6. The maximum Gasteiger partial charge on any atom is 0.357 e. The zero-order chi connectivity index (χ0) is 49.9. The Morgan fingerprint density at radius 2 is 1.14 bits per heavy atom. The number of terminal acetylenes is 1. The number of carbonyl (C=O) groups is 2. The molecule has 0 radical (unpaired) electrons. The molecule has 4 aromatic heterocycles. The van der Waals surface area contributed by atoms with Gasteiger partial charge in [-0.25, -0.2) is 39.5 Å². The number of hydrogen-bond acceptors (Lipinski definition) is 16. The van der Waals surface area contributed by atoms with E-state index in [9.17, 15) is 19.8 Å². The molecular weight excluding hydrogens is 949 g/mol. The van der Waals surface area contributed by atoms with E-state index in [-0.39, 0.29) is 36.4 Å². The smallest absolute Gasteiger partial charge is 0.357 e. The number of carbonyl (C=O) groups excluding carboxylic acids is 2. The summed E-state index contributed by atoms with van der Waals surface area (Å²) in [4.78, 5) is 51.0. The molecule has 0 saturated heterocycles. The molecule has 0 spiro atoms. The van der Waals surface area contributed by atoms with E-state index in [1.165, 1.54) is 33.4 Å². The number of aliphatic hydroxyl groups is 2. The zero-order valence-corrected chi connectivity index (χ0v) is 40.5. The van der Waals surface area contributed by atoms with Crippen molar-refractivity contribution in [3.05, 3.63) is 142 Å². The standard InChI is InChI=1S/C26H23N3O5.C18H15BrN2O3.C8H9NO2/c1-5-33-24(30)22-19-10-7-11-20(32-4)21(19)28-23(29-22)18-9-6-8-17(14-18)12-13-26(3,31)25-27-15-16(2)34-25;1-3-24-18(22)16-13-8-5-9-14(23-2)15(13)20-17(21-16)11-6-4-7-12(19)10-11;1-4-8(3,10)7-9-5-6(2)11-7/h6-11,14-15,31H,5H2,1-4H3;4-10H,3H2,1-2H3;1,5,10H,2-3H3/t26-;;8-/m0.0/s1. The summed E-state index contributed by atoms with van der Waals surface area (Å²) in [5.74, 6) is 10.2. The molecule has 0 aliphatic carbocycles. The number of hydrogen-bond donors (Lipinski definition) is 2. The van der Waals surface area contributed by atoms with E-state index in [2.05, 4.69) is 63.6 Å². The zero-order valence-electron chi connectivity index (χ0n) is 39.0. The number of rotatable bonds is 10. The number of ether oxygens (including phenoxy) is 4. The van der Waals surface area contributed by atoms with Crippen LogP contribution in [0.15, 0.2) is 111 Å². The minimum atomic E-state index is -1.56. The minimum absolute atomic E-state index is 0.123. The molecule has 16 nitrogen and oxygen atoms in total. The Balaban J connectivity index is 0.000000193. The summed E-state index contributed by atoms with van der Waals surface area (Å²) in [5.41, 5.74) is 0.546. The lowest BCUT2D eigenvalue weighted by Crippen LogP contribution is -2.18. The van der Waals surface area contributed by atoms with Crippen LogP contribution in [0.5, 0.6) is 11.5 Å². The van der Waals surface area contributed by atoms with Crippen LogP contribution in [-0.2, 0) is 20.7 Å². The second-order valence-corrected chi connectivity index (χ2v) is 16.0. The van der Waals surface area contributed by atoms with Gasteiger partial charge in [0, 0.05) is 31.9 Å². The van der Waals surface area contributed by atoms with Crippen LogP contribution in [0, 0.1) is 38.0 Å². The van der Waals surface area contributed by atoms with Gasteiger partial charge in [0.05, 0.1) is 39.8 Å². The van der Waals surface area contributed by atoms with Gasteiger partial charge >= 0.3 is 11.9 Å². The molecule has 4 heterocycles. The van der Waals surface area contributed by atoms with E-state index in [1.54, 1.807) is 89.4 Å². The van der Waals surface area contributed by atoms with Crippen molar-refractivity contribution in [2.45, 2.75) is 52.7 Å². The highest BCUT2D eigenvalue weighted by atomic mass is 79.9. The Labute approximate surface area is 406 Å². The maximum atomic E-state index is 12.6. The van der Waals surface area contributed by atoms with Crippen molar-refractivity contribution >= 4 is 49.7 Å². The van der Waals surface area contributed by atoms with E-state index in [0.29, 0.717) is 67.6 Å². The van der Waals surface area contributed by atoms with Gasteiger partial charge in [0.15, 0.2) is 34.2 Å². The molecule has 4 aromatic carbocycles. The number of esters is 2. The van der Waals surface area contributed by atoms with E-state index in [4.69, 9.17) is 34.2 Å². The second-order valence-electron chi connectivity index (χ2n) is 15.1. The van der Waals surface area contributed by atoms with Crippen molar-refractivity contribution in [2.75, 3.05) is 27.4 Å². The highest BCUT2D eigenvalue weighted by Crippen LogP contribution is 2.31. The Morgan fingerprint density at radius 1 is 0.681 bits per heavy atom. The Kier molecular flexibility index (Phi) is 16.3. The first-order valence-electron chi connectivity index (χ1n) is 21.2. The van der Waals surface area contributed by atoms with Gasteiger partial charge < -0.3 is 38.0 Å². The lowest BCUT2D eigenvalue weighted by molar-refractivity contribution is 0.0512. The van der Waals surface area contributed by atoms with Crippen molar-refractivity contribution in [2.24, 2.45) is 0 Å². The number of aromatic nitrogens is 6. The first kappa shape index (κ1) is 50.5. The summed E-state index contributed by atoms with van der Waals surface area (Å²) in [7, 11) is 3.11. The number of halogens is 1. The van der Waals surface area contributed by atoms with Gasteiger partial charge in [-0.1, -0.05) is 82.2 Å². The van der Waals surface area contributed by atoms with Crippen molar-refractivity contribution < 1.29 is 47.6 Å². The predicted molar refractivity (Wildman–Crippen MR) is 260 cm³/mol. The normalized spacial score (nSPS) is 12.3. The van der Waals surface area contributed by atoms with Crippen molar-refractivity contribution in [3.63, 3.8) is 0 Å². The molecule has 0 aliphatic heterocycles. The average molecular weight is 996 g/mol. The topological polar surface area (TPSA) is 215 Å². The summed E-state index contributed by atoms with van der Waals surface area (Å²) in [6.45, 7) is 10.4. The van der Waals surface area contributed by atoms with E-state index < -0.39 is 23.1 Å². The first-order chi connectivity index (χ1) is 33.0. The largest absolute Gasteiger partial charge is 0.494 e. The monoisotopic (exact) mass is 994 g/mol. The van der Waals surface area contributed by atoms with Gasteiger partial charge in [0.2, 0.25) is 11.8 Å². The summed E-state index contributed by atoms with van der Waals surface area (Å²) in [5, 5.41) is 21.2. The van der Waals surface area contributed by atoms with Crippen LogP contribution in [0.2, 0.25) is 0 Å². The molecule has 0 fully saturated rings. The van der Waals surface area contributed by atoms with E-state index >= 15 is 0 Å². The number of oxazole rings is 2. The molecule has 0 unspecified atom stereocenters. The first-order valence-corrected chi connectivity index (χ1v) is 22.0. The van der Waals surface area contributed by atoms with Crippen molar-refractivity contribution in [1.82, 2.24) is 29.9 Å². The number of methoxy groups -OCH3 is 2. The van der Waals surface area contributed by atoms with Gasteiger partial charge in [-0.15, -0.1) is 6.42 Å².